The molecule has 1 aromatic carbocycles. The van der Waals surface area contributed by atoms with Crippen LogP contribution < -0.4 is 5.32 Å². The molecular weight excluding hydrogens is 293 g/mol. The molecule has 1 N–H and O–H groups in total. The van der Waals surface area contributed by atoms with Gasteiger partial charge in [-0.15, -0.1) is 0 Å². The van der Waals surface area contributed by atoms with E-state index in [1.165, 1.54) is 6.07 Å². The molecule has 0 aliphatic heterocycles. The van der Waals surface area contributed by atoms with Gasteiger partial charge in [0, 0.05) is 11.0 Å². The molecule has 16 heavy (non-hydrogen) atoms. The van der Waals surface area contributed by atoms with Gasteiger partial charge in [-0.1, -0.05) is 6.07 Å². The third-order valence-electron chi connectivity index (χ3n) is 2.00. The van der Waals surface area contributed by atoms with Crippen molar-refractivity contribution in [3.05, 3.63) is 34.1 Å². The molecule has 2 nitrogen and oxygen atoms in total. The van der Waals surface area contributed by atoms with Crippen molar-refractivity contribution in [3.8, 4) is 0 Å². The van der Waals surface area contributed by atoms with Crippen LogP contribution in [0.15, 0.2) is 22.7 Å². The van der Waals surface area contributed by atoms with Crippen molar-refractivity contribution in [1.29, 1.82) is 0 Å². The second-order valence-corrected chi connectivity index (χ2v) is 5.04. The molecule has 0 heterocycles. The van der Waals surface area contributed by atoms with Crippen LogP contribution >= 0.6 is 27.7 Å². The maximum absolute atomic E-state index is 13.4. The Bertz CT molecular complexity index is 353. The van der Waals surface area contributed by atoms with Gasteiger partial charge in [0.25, 0.3) is 5.91 Å². The largest absolute Gasteiger partial charge is 0.352 e. The molecule has 0 fully saturated rings. The average Bonchev–Trinajstić information content (AvgIpc) is 2.24. The van der Waals surface area contributed by atoms with Crippen molar-refractivity contribution < 1.29 is 9.18 Å². The molecule has 0 spiro atoms. The number of halogens is 2. The maximum atomic E-state index is 13.4. The Balaban J connectivity index is 2.59. The summed E-state index contributed by atoms with van der Waals surface area (Å²) in [4.78, 5) is 11.7. The van der Waals surface area contributed by atoms with Gasteiger partial charge in [-0.25, -0.2) is 4.39 Å². The maximum Gasteiger partial charge on any atom is 0.255 e. The second-order valence-electron chi connectivity index (χ2n) is 3.20. The lowest BCUT2D eigenvalue weighted by Gasteiger charge is -2.07. The number of benzene rings is 1. The van der Waals surface area contributed by atoms with Crippen molar-refractivity contribution >= 4 is 33.6 Å². The first-order chi connectivity index (χ1) is 7.66. The molecule has 0 atom stereocenters. The normalized spacial score (nSPS) is 10.2. The van der Waals surface area contributed by atoms with E-state index in [0.29, 0.717) is 11.0 Å². The van der Waals surface area contributed by atoms with Crippen molar-refractivity contribution in [2.45, 2.75) is 6.42 Å². The minimum Gasteiger partial charge on any atom is -0.352 e. The zero-order valence-electron chi connectivity index (χ0n) is 8.93. The molecule has 0 aliphatic rings. The molecule has 5 heteroatoms. The molecule has 1 amide bonds. The van der Waals surface area contributed by atoms with Crippen LogP contribution in [-0.4, -0.2) is 24.5 Å². The number of amides is 1. The van der Waals surface area contributed by atoms with E-state index in [1.54, 1.807) is 23.9 Å². The highest BCUT2D eigenvalue weighted by atomic mass is 79.9. The Kier molecular flexibility index (Phi) is 5.84. The SMILES string of the molecule is CSCCCNC(=O)c1c(F)cccc1Br. The highest BCUT2D eigenvalue weighted by molar-refractivity contribution is 9.10. The van der Waals surface area contributed by atoms with Crippen LogP contribution in [0, 0.1) is 5.82 Å². The van der Waals surface area contributed by atoms with Crippen LogP contribution in [0.3, 0.4) is 0 Å². The highest BCUT2D eigenvalue weighted by Crippen LogP contribution is 2.19. The number of carbonyl (C=O) groups excluding carboxylic acids is 1. The first kappa shape index (κ1) is 13.5. The van der Waals surface area contributed by atoms with E-state index in [1.807, 2.05) is 6.26 Å². The van der Waals surface area contributed by atoms with E-state index >= 15 is 0 Å². The molecular formula is C11H13BrFNOS. The molecule has 1 aromatic rings. The fraction of sp³-hybridized carbons (Fsp3) is 0.364. The third kappa shape index (κ3) is 3.79. The lowest BCUT2D eigenvalue weighted by molar-refractivity contribution is 0.0949. The van der Waals surface area contributed by atoms with Gasteiger partial charge in [-0.2, -0.15) is 11.8 Å². The summed E-state index contributed by atoms with van der Waals surface area (Å²) >= 11 is 4.89. The molecule has 0 saturated heterocycles. The summed E-state index contributed by atoms with van der Waals surface area (Å²) in [6, 6.07) is 4.49. The zero-order chi connectivity index (χ0) is 12.0. The topological polar surface area (TPSA) is 29.1 Å². The van der Waals surface area contributed by atoms with E-state index in [2.05, 4.69) is 21.2 Å². The van der Waals surface area contributed by atoms with Crippen molar-refractivity contribution in [1.82, 2.24) is 5.32 Å². The molecule has 0 bridgehead atoms. The molecule has 88 valence electrons. The highest BCUT2D eigenvalue weighted by Gasteiger charge is 2.14. The lowest BCUT2D eigenvalue weighted by atomic mass is 10.2. The van der Waals surface area contributed by atoms with E-state index < -0.39 is 5.82 Å². The Morgan fingerprint density at radius 1 is 1.56 bits per heavy atom. The van der Waals surface area contributed by atoms with E-state index in [9.17, 15) is 9.18 Å². The van der Waals surface area contributed by atoms with Crippen molar-refractivity contribution in [2.24, 2.45) is 0 Å². The van der Waals surface area contributed by atoms with Gasteiger partial charge < -0.3 is 5.32 Å². The quantitative estimate of drug-likeness (QED) is 0.847. The Hall–Kier alpha value is -0.550. The van der Waals surface area contributed by atoms with Gasteiger partial charge in [0.15, 0.2) is 0 Å². The summed E-state index contributed by atoms with van der Waals surface area (Å²) in [6.07, 6.45) is 2.90. The summed E-state index contributed by atoms with van der Waals surface area (Å²) in [5.74, 6) is 0.112. The standard InChI is InChI=1S/C11H13BrFNOS/c1-16-7-3-6-14-11(15)10-8(12)4-2-5-9(10)13/h2,4-5H,3,6-7H2,1H3,(H,14,15). The predicted octanol–water partition coefficient (Wildman–Crippen LogP) is 3.07. The van der Waals surface area contributed by atoms with Crippen LogP contribution in [0.25, 0.3) is 0 Å². The monoisotopic (exact) mass is 305 g/mol. The van der Waals surface area contributed by atoms with E-state index in [4.69, 9.17) is 0 Å². The minimum atomic E-state index is -0.503. The summed E-state index contributed by atoms with van der Waals surface area (Å²) in [6.45, 7) is 0.570. The van der Waals surface area contributed by atoms with Gasteiger partial charge in [-0.3, -0.25) is 4.79 Å². The fourth-order valence-electron chi connectivity index (χ4n) is 1.22. The predicted molar refractivity (Wildman–Crippen MR) is 69.4 cm³/mol. The summed E-state index contributed by atoms with van der Waals surface area (Å²) in [7, 11) is 0. The summed E-state index contributed by atoms with van der Waals surface area (Å²) in [5.41, 5.74) is 0.0756. The van der Waals surface area contributed by atoms with Gasteiger partial charge in [-0.05, 0) is 46.5 Å². The summed E-state index contributed by atoms with van der Waals surface area (Å²) < 4.78 is 13.9. The smallest absolute Gasteiger partial charge is 0.255 e. The van der Waals surface area contributed by atoms with Gasteiger partial charge in [0.05, 0.1) is 5.56 Å². The van der Waals surface area contributed by atoms with Crippen LogP contribution in [0.5, 0.6) is 0 Å². The zero-order valence-corrected chi connectivity index (χ0v) is 11.3. The minimum absolute atomic E-state index is 0.0756. The molecule has 0 radical (unpaired) electrons. The molecule has 0 saturated carbocycles. The molecule has 0 aliphatic carbocycles. The van der Waals surface area contributed by atoms with Crippen LogP contribution in [0.1, 0.15) is 16.8 Å². The van der Waals surface area contributed by atoms with Gasteiger partial charge in [0.2, 0.25) is 0 Å². The number of hydrogen-bond donors (Lipinski definition) is 1. The fourth-order valence-corrected chi connectivity index (χ4v) is 2.18. The third-order valence-corrected chi connectivity index (χ3v) is 3.36. The van der Waals surface area contributed by atoms with Crippen molar-refractivity contribution in [2.75, 3.05) is 18.6 Å². The Morgan fingerprint density at radius 2 is 2.31 bits per heavy atom. The molecule has 0 aromatic heterocycles. The second kappa shape index (κ2) is 6.91. The Labute approximate surface area is 107 Å². The van der Waals surface area contributed by atoms with Gasteiger partial charge in [0.1, 0.15) is 5.82 Å². The van der Waals surface area contributed by atoms with E-state index in [0.717, 1.165) is 12.2 Å². The first-order valence-corrected chi connectivity index (χ1v) is 7.06. The number of rotatable bonds is 5. The number of nitrogens with one attached hydrogen (secondary N) is 1. The molecule has 0 unspecified atom stereocenters. The number of carbonyl (C=O) groups is 1. The van der Waals surface area contributed by atoms with Crippen molar-refractivity contribution in [3.63, 3.8) is 0 Å². The number of thioether (sulfide) groups is 1. The van der Waals surface area contributed by atoms with Crippen LogP contribution in [-0.2, 0) is 0 Å². The molecule has 1 rings (SSSR count). The van der Waals surface area contributed by atoms with Crippen LogP contribution in [0.2, 0.25) is 0 Å². The van der Waals surface area contributed by atoms with Crippen LogP contribution in [0.4, 0.5) is 4.39 Å². The van der Waals surface area contributed by atoms with E-state index in [-0.39, 0.29) is 11.5 Å². The average molecular weight is 306 g/mol. The Morgan fingerprint density at radius 3 is 2.94 bits per heavy atom. The van der Waals surface area contributed by atoms with Gasteiger partial charge >= 0.3 is 0 Å². The lowest BCUT2D eigenvalue weighted by Crippen LogP contribution is -2.26. The summed E-state index contributed by atoms with van der Waals surface area (Å²) in [5, 5.41) is 2.69. The number of hydrogen-bond acceptors (Lipinski definition) is 2. The first-order valence-electron chi connectivity index (χ1n) is 4.88.